The van der Waals surface area contributed by atoms with E-state index in [1.807, 2.05) is 45.9 Å². The van der Waals surface area contributed by atoms with E-state index < -0.39 is 0 Å². The molecule has 0 spiro atoms. The lowest BCUT2D eigenvalue weighted by molar-refractivity contribution is 0.249. The summed E-state index contributed by atoms with van der Waals surface area (Å²) in [5, 5.41) is 3.00. The number of anilines is 1. The smallest absolute Gasteiger partial charge is 0.280 e. The third-order valence-corrected chi connectivity index (χ3v) is 5.13. The van der Waals surface area contributed by atoms with Gasteiger partial charge in [-0.3, -0.25) is 14.9 Å². The van der Waals surface area contributed by atoms with E-state index in [0.29, 0.717) is 17.4 Å². The minimum absolute atomic E-state index is 0.154. The zero-order valence-electron chi connectivity index (χ0n) is 19.5. The van der Waals surface area contributed by atoms with Crippen molar-refractivity contribution in [1.29, 1.82) is 0 Å². The summed E-state index contributed by atoms with van der Waals surface area (Å²) in [6.07, 6.45) is 8.75. The monoisotopic (exact) mass is 425 g/mol. The lowest BCUT2D eigenvalue weighted by Gasteiger charge is -2.35. The third kappa shape index (κ3) is 5.79. The van der Waals surface area contributed by atoms with Gasteiger partial charge in [0, 0.05) is 49.4 Å². The molecule has 3 aromatic heterocycles. The summed E-state index contributed by atoms with van der Waals surface area (Å²) in [6, 6.07) is 6.14. The summed E-state index contributed by atoms with van der Waals surface area (Å²) >= 11 is 0. The Bertz CT molecular complexity index is 957. The molecular weight excluding hydrogens is 390 g/mol. The first-order chi connectivity index (χ1) is 15.1. The normalized spacial score (nSPS) is 13.8. The van der Waals surface area contributed by atoms with Crippen LogP contribution in [0.15, 0.2) is 47.9 Å². The van der Waals surface area contributed by atoms with Crippen LogP contribution in [0, 0.1) is 0 Å². The fourth-order valence-corrected chi connectivity index (χ4v) is 3.51. The molecule has 1 aliphatic heterocycles. The second-order valence-electron chi connectivity index (χ2n) is 6.99. The number of piperidine rings is 1. The van der Waals surface area contributed by atoms with E-state index >= 15 is 0 Å². The number of nitrogens with zero attached hydrogens (tertiary/aromatic N) is 6. The number of nitrogens with one attached hydrogen (secondary N) is 1. The lowest BCUT2D eigenvalue weighted by atomic mass is 10.0. The largest absolute Gasteiger partial charge is 0.356 e. The predicted molar refractivity (Wildman–Crippen MR) is 127 cm³/mol. The second kappa shape index (κ2) is 12.0. The van der Waals surface area contributed by atoms with E-state index in [0.717, 1.165) is 37.3 Å². The van der Waals surface area contributed by atoms with Crippen LogP contribution in [-0.4, -0.2) is 62.9 Å². The van der Waals surface area contributed by atoms with Gasteiger partial charge in [0.1, 0.15) is 12.1 Å². The number of hydrogen-bond donors (Lipinski definition) is 1. The van der Waals surface area contributed by atoms with Gasteiger partial charge in [0.05, 0.1) is 5.56 Å². The van der Waals surface area contributed by atoms with Crippen LogP contribution in [-0.2, 0) is 0 Å². The Morgan fingerprint density at radius 1 is 1.06 bits per heavy atom. The molecule has 31 heavy (non-hydrogen) atoms. The van der Waals surface area contributed by atoms with Crippen LogP contribution in [0.2, 0.25) is 0 Å². The van der Waals surface area contributed by atoms with E-state index in [1.165, 1.54) is 11.0 Å². The maximum Gasteiger partial charge on any atom is 0.280 e. The summed E-state index contributed by atoms with van der Waals surface area (Å²) in [4.78, 5) is 30.1. The topological polar surface area (TPSA) is 82.9 Å². The van der Waals surface area contributed by atoms with E-state index in [2.05, 4.69) is 43.9 Å². The molecule has 1 N–H and O–H groups in total. The van der Waals surface area contributed by atoms with Gasteiger partial charge in [0.25, 0.3) is 5.56 Å². The first kappa shape index (κ1) is 24.3. The van der Waals surface area contributed by atoms with Crippen LogP contribution >= 0.6 is 0 Å². The number of aromatic amines is 1. The van der Waals surface area contributed by atoms with E-state index in [-0.39, 0.29) is 5.56 Å². The number of pyridine rings is 1. The van der Waals surface area contributed by atoms with Gasteiger partial charge in [-0.25, -0.2) is 14.6 Å². The molecule has 8 nitrogen and oxygen atoms in total. The van der Waals surface area contributed by atoms with Crippen LogP contribution in [0.1, 0.15) is 40.5 Å². The van der Waals surface area contributed by atoms with Crippen molar-refractivity contribution in [2.24, 2.45) is 0 Å². The fourth-order valence-electron chi connectivity index (χ4n) is 3.51. The van der Waals surface area contributed by atoms with Crippen LogP contribution in [0.25, 0.3) is 16.9 Å². The van der Waals surface area contributed by atoms with Gasteiger partial charge in [-0.05, 0) is 33.0 Å². The van der Waals surface area contributed by atoms with Crippen LogP contribution in [0.3, 0.4) is 0 Å². The molecule has 8 heteroatoms. The Labute approximate surface area is 185 Å². The zero-order valence-corrected chi connectivity index (χ0v) is 19.5. The highest BCUT2D eigenvalue weighted by molar-refractivity contribution is 5.60. The van der Waals surface area contributed by atoms with Gasteiger partial charge in [-0.15, -0.1) is 0 Å². The number of aromatic nitrogens is 5. The third-order valence-electron chi connectivity index (χ3n) is 5.13. The summed E-state index contributed by atoms with van der Waals surface area (Å²) in [6.45, 7) is 9.89. The van der Waals surface area contributed by atoms with E-state index in [9.17, 15) is 4.79 Å². The SMILES string of the molecule is CC.CC.CN(C)C1CCN(c2cc(-n3[nH]cc(-c4cccnc4)c3=O)ncn2)CC1. The van der Waals surface area contributed by atoms with Crippen molar-refractivity contribution in [2.75, 3.05) is 32.1 Å². The standard InChI is InChI=1S/C19H23N7O.2C2H6/c1-24(2)15-5-8-25(9-6-15)17-10-18(22-13-21-17)26-19(27)16(12-23-26)14-4-3-7-20-11-14;2*1-2/h3-4,7,10-13,15,23H,5-6,8-9H2,1-2H3;2*1-2H3. The van der Waals surface area contributed by atoms with Gasteiger partial charge in [0.15, 0.2) is 5.82 Å². The van der Waals surface area contributed by atoms with Gasteiger partial charge in [-0.1, -0.05) is 33.8 Å². The maximum absolute atomic E-state index is 12.8. The molecule has 3 aromatic rings. The van der Waals surface area contributed by atoms with Crippen molar-refractivity contribution in [2.45, 2.75) is 46.6 Å². The molecule has 0 aromatic carbocycles. The van der Waals surface area contributed by atoms with Gasteiger partial charge in [0.2, 0.25) is 0 Å². The molecule has 0 bridgehead atoms. The average molecular weight is 426 g/mol. The Kier molecular flexibility index (Phi) is 9.40. The molecule has 0 aliphatic carbocycles. The zero-order chi connectivity index (χ0) is 22.8. The minimum atomic E-state index is -0.154. The molecule has 4 heterocycles. The van der Waals surface area contributed by atoms with Gasteiger partial charge >= 0.3 is 0 Å². The highest BCUT2D eigenvalue weighted by atomic mass is 16.1. The Morgan fingerprint density at radius 2 is 1.74 bits per heavy atom. The molecule has 168 valence electrons. The molecule has 0 radical (unpaired) electrons. The average Bonchev–Trinajstić information content (AvgIpc) is 3.23. The van der Waals surface area contributed by atoms with E-state index in [1.54, 1.807) is 18.6 Å². The van der Waals surface area contributed by atoms with Crippen molar-refractivity contribution >= 4 is 5.82 Å². The molecule has 1 saturated heterocycles. The molecule has 0 atom stereocenters. The highest BCUT2D eigenvalue weighted by Gasteiger charge is 2.22. The van der Waals surface area contributed by atoms with E-state index in [4.69, 9.17) is 0 Å². The second-order valence-corrected chi connectivity index (χ2v) is 6.99. The molecule has 1 fully saturated rings. The maximum atomic E-state index is 12.8. The first-order valence-electron chi connectivity index (χ1n) is 11.1. The summed E-state index contributed by atoms with van der Waals surface area (Å²) in [7, 11) is 4.25. The predicted octanol–water partition coefficient (Wildman–Crippen LogP) is 3.60. The Morgan fingerprint density at radius 3 is 2.35 bits per heavy atom. The summed E-state index contributed by atoms with van der Waals surface area (Å²) < 4.78 is 1.44. The number of rotatable bonds is 4. The fraction of sp³-hybridized carbons (Fsp3) is 0.478. The van der Waals surface area contributed by atoms with Gasteiger partial charge in [-0.2, -0.15) is 0 Å². The van der Waals surface area contributed by atoms with Crippen molar-refractivity contribution in [3.8, 4) is 16.9 Å². The molecular formula is C23H35N7O. The van der Waals surface area contributed by atoms with Crippen molar-refractivity contribution in [3.63, 3.8) is 0 Å². The lowest BCUT2D eigenvalue weighted by Crippen LogP contribution is -2.42. The molecule has 4 rings (SSSR count). The molecule has 0 amide bonds. The first-order valence-corrected chi connectivity index (χ1v) is 11.1. The minimum Gasteiger partial charge on any atom is -0.356 e. The Hall–Kier alpha value is -3.00. The van der Waals surface area contributed by atoms with Crippen molar-refractivity contribution in [3.05, 3.63) is 53.5 Å². The molecule has 0 saturated carbocycles. The number of hydrogen-bond acceptors (Lipinski definition) is 6. The summed E-state index contributed by atoms with van der Waals surface area (Å²) in [5.41, 5.74) is 1.19. The molecule has 1 aliphatic rings. The number of H-pyrrole nitrogens is 1. The van der Waals surface area contributed by atoms with Crippen molar-refractivity contribution < 1.29 is 0 Å². The molecule has 0 unspecified atom stereocenters. The van der Waals surface area contributed by atoms with Crippen molar-refractivity contribution in [1.82, 2.24) is 29.6 Å². The van der Waals surface area contributed by atoms with Crippen LogP contribution in [0.5, 0.6) is 0 Å². The quantitative estimate of drug-likeness (QED) is 0.688. The van der Waals surface area contributed by atoms with Crippen LogP contribution < -0.4 is 10.5 Å². The Balaban J connectivity index is 0.000000807. The summed E-state index contributed by atoms with van der Waals surface area (Å²) in [5.74, 6) is 1.39. The van der Waals surface area contributed by atoms with Crippen LogP contribution in [0.4, 0.5) is 5.82 Å². The van der Waals surface area contributed by atoms with Gasteiger partial charge < -0.3 is 9.80 Å². The highest BCUT2D eigenvalue weighted by Crippen LogP contribution is 2.21.